The van der Waals surface area contributed by atoms with E-state index in [9.17, 15) is 4.39 Å². The van der Waals surface area contributed by atoms with E-state index in [1.165, 1.54) is 6.07 Å². The van der Waals surface area contributed by atoms with Gasteiger partial charge in [-0.05, 0) is 37.4 Å². The van der Waals surface area contributed by atoms with Gasteiger partial charge in [0.25, 0.3) is 0 Å². The second-order valence-corrected chi connectivity index (χ2v) is 5.59. The zero-order chi connectivity index (χ0) is 14.8. The van der Waals surface area contributed by atoms with Crippen LogP contribution in [0.4, 0.5) is 4.39 Å². The zero-order valence-electron chi connectivity index (χ0n) is 11.3. The van der Waals surface area contributed by atoms with Gasteiger partial charge in [0.2, 0.25) is 0 Å². The van der Waals surface area contributed by atoms with Crippen molar-refractivity contribution in [3.05, 3.63) is 70.2 Å². The number of halogens is 2. The fourth-order valence-corrected chi connectivity index (χ4v) is 2.69. The van der Waals surface area contributed by atoms with Crippen molar-refractivity contribution in [2.24, 2.45) is 0 Å². The molecule has 0 aliphatic rings. The highest BCUT2D eigenvalue weighted by atomic mass is 79.9. The Morgan fingerprint density at radius 2 is 1.90 bits per heavy atom. The minimum Gasteiger partial charge on any atom is -0.308 e. The Morgan fingerprint density at radius 3 is 2.67 bits per heavy atom. The summed E-state index contributed by atoms with van der Waals surface area (Å²) in [5.41, 5.74) is 2.85. The number of nitrogens with one attached hydrogen (secondary N) is 1. The van der Waals surface area contributed by atoms with Crippen LogP contribution in [0.3, 0.4) is 0 Å². The maximum Gasteiger partial charge on any atom is 0.128 e. The van der Waals surface area contributed by atoms with E-state index in [1.54, 1.807) is 25.4 Å². The number of rotatable bonds is 3. The van der Waals surface area contributed by atoms with Gasteiger partial charge in [0.1, 0.15) is 5.82 Å². The molecular formula is C16H13BrFN3. The smallest absolute Gasteiger partial charge is 0.128 e. The quantitative estimate of drug-likeness (QED) is 0.783. The first-order chi connectivity index (χ1) is 10.2. The Hall–Kier alpha value is -1.85. The van der Waals surface area contributed by atoms with Crippen LogP contribution in [0, 0.1) is 5.82 Å². The molecule has 0 saturated heterocycles. The number of para-hydroxylation sites is 2. The summed E-state index contributed by atoms with van der Waals surface area (Å²) in [6.45, 7) is 0. The van der Waals surface area contributed by atoms with E-state index >= 15 is 0 Å². The highest BCUT2D eigenvalue weighted by molar-refractivity contribution is 9.10. The number of hydrogen-bond acceptors (Lipinski definition) is 3. The third-order valence-electron chi connectivity index (χ3n) is 3.32. The van der Waals surface area contributed by atoms with Crippen LogP contribution in [0.25, 0.3) is 11.0 Å². The number of aromatic nitrogens is 2. The van der Waals surface area contributed by atoms with E-state index in [0.29, 0.717) is 11.3 Å². The molecule has 3 nitrogen and oxygen atoms in total. The van der Waals surface area contributed by atoms with Crippen LogP contribution in [0.5, 0.6) is 0 Å². The van der Waals surface area contributed by atoms with E-state index in [2.05, 4.69) is 31.2 Å². The van der Waals surface area contributed by atoms with Crippen molar-refractivity contribution in [1.29, 1.82) is 0 Å². The maximum absolute atomic E-state index is 14.1. The minimum atomic E-state index is -0.348. The Labute approximate surface area is 130 Å². The highest BCUT2D eigenvalue weighted by Crippen LogP contribution is 2.26. The molecule has 21 heavy (non-hydrogen) atoms. The zero-order valence-corrected chi connectivity index (χ0v) is 12.9. The van der Waals surface area contributed by atoms with Gasteiger partial charge < -0.3 is 5.32 Å². The molecule has 1 atom stereocenters. The molecule has 0 radical (unpaired) electrons. The lowest BCUT2D eigenvalue weighted by Crippen LogP contribution is -2.20. The number of hydrogen-bond donors (Lipinski definition) is 1. The lowest BCUT2D eigenvalue weighted by Gasteiger charge is -2.17. The molecule has 2 aromatic carbocycles. The molecule has 0 amide bonds. The van der Waals surface area contributed by atoms with Crippen molar-refractivity contribution in [2.75, 3.05) is 7.05 Å². The first kappa shape index (κ1) is 14.1. The van der Waals surface area contributed by atoms with Crippen molar-refractivity contribution in [3.63, 3.8) is 0 Å². The van der Waals surface area contributed by atoms with Gasteiger partial charge in [-0.15, -0.1) is 0 Å². The van der Waals surface area contributed by atoms with Crippen LogP contribution in [0.15, 0.2) is 53.1 Å². The Balaban J connectivity index is 2.11. The molecule has 1 N–H and O–H groups in total. The summed E-state index contributed by atoms with van der Waals surface area (Å²) in [5, 5.41) is 3.10. The summed E-state index contributed by atoms with van der Waals surface area (Å²) in [6.07, 6.45) is 1.68. The molecule has 0 fully saturated rings. The number of benzene rings is 2. The molecule has 1 aromatic heterocycles. The summed E-state index contributed by atoms with van der Waals surface area (Å²) in [5.74, 6) is -0.271. The summed E-state index contributed by atoms with van der Waals surface area (Å²) in [6, 6.07) is 12.2. The monoisotopic (exact) mass is 345 g/mol. The molecule has 5 heteroatoms. The second kappa shape index (κ2) is 5.87. The highest BCUT2D eigenvalue weighted by Gasteiger charge is 2.18. The first-order valence-electron chi connectivity index (χ1n) is 6.53. The van der Waals surface area contributed by atoms with E-state index < -0.39 is 0 Å². The van der Waals surface area contributed by atoms with Crippen LogP contribution >= 0.6 is 15.9 Å². The van der Waals surface area contributed by atoms with Gasteiger partial charge in [-0.1, -0.05) is 28.1 Å². The van der Waals surface area contributed by atoms with Crippen molar-refractivity contribution >= 4 is 27.0 Å². The lowest BCUT2D eigenvalue weighted by atomic mass is 10.0. The SMILES string of the molecule is CNC(c1cnc2ccccc2n1)c1cc(Br)ccc1F. The summed E-state index contributed by atoms with van der Waals surface area (Å²) < 4.78 is 14.9. The summed E-state index contributed by atoms with van der Waals surface area (Å²) in [4.78, 5) is 8.98. The number of nitrogens with zero attached hydrogens (tertiary/aromatic N) is 2. The molecular weight excluding hydrogens is 333 g/mol. The van der Waals surface area contributed by atoms with Crippen LogP contribution in [0.1, 0.15) is 17.3 Å². The van der Waals surface area contributed by atoms with Crippen molar-refractivity contribution in [1.82, 2.24) is 15.3 Å². The van der Waals surface area contributed by atoms with Gasteiger partial charge in [0.05, 0.1) is 29.0 Å². The lowest BCUT2D eigenvalue weighted by molar-refractivity contribution is 0.570. The average molecular weight is 346 g/mol. The maximum atomic E-state index is 14.1. The fourth-order valence-electron chi connectivity index (χ4n) is 2.31. The predicted molar refractivity (Wildman–Crippen MR) is 84.5 cm³/mol. The van der Waals surface area contributed by atoms with Gasteiger partial charge in [-0.2, -0.15) is 0 Å². The molecule has 0 bridgehead atoms. The van der Waals surface area contributed by atoms with Crippen LogP contribution < -0.4 is 5.32 Å². The number of fused-ring (bicyclic) bond motifs is 1. The van der Waals surface area contributed by atoms with Crippen LogP contribution in [-0.4, -0.2) is 17.0 Å². The molecule has 0 aliphatic carbocycles. The summed E-state index contributed by atoms with van der Waals surface area (Å²) >= 11 is 3.38. The molecule has 0 aliphatic heterocycles. The second-order valence-electron chi connectivity index (χ2n) is 4.67. The molecule has 3 rings (SSSR count). The Morgan fingerprint density at radius 1 is 1.14 bits per heavy atom. The van der Waals surface area contributed by atoms with Gasteiger partial charge in [0, 0.05) is 10.0 Å². The molecule has 1 unspecified atom stereocenters. The van der Waals surface area contributed by atoms with E-state index in [-0.39, 0.29) is 11.9 Å². The van der Waals surface area contributed by atoms with Crippen molar-refractivity contribution in [2.45, 2.75) is 6.04 Å². The molecule has 0 spiro atoms. The van der Waals surface area contributed by atoms with Crippen molar-refractivity contribution in [3.8, 4) is 0 Å². The van der Waals surface area contributed by atoms with E-state index in [4.69, 9.17) is 0 Å². The fraction of sp³-hybridized carbons (Fsp3) is 0.125. The van der Waals surface area contributed by atoms with Gasteiger partial charge in [-0.25, -0.2) is 9.37 Å². The molecule has 0 saturated carbocycles. The summed E-state index contributed by atoms with van der Waals surface area (Å²) in [7, 11) is 1.78. The Bertz CT molecular complexity index is 791. The van der Waals surface area contributed by atoms with Crippen molar-refractivity contribution < 1.29 is 4.39 Å². The molecule has 106 valence electrons. The largest absolute Gasteiger partial charge is 0.308 e. The standard InChI is InChI=1S/C16H13BrFN3/c1-19-16(11-8-10(17)6-7-12(11)18)15-9-20-13-4-2-3-5-14(13)21-15/h2-9,16,19H,1H3. The van der Waals surface area contributed by atoms with E-state index in [0.717, 1.165) is 15.5 Å². The van der Waals surface area contributed by atoms with Crippen LogP contribution in [0.2, 0.25) is 0 Å². The molecule has 1 heterocycles. The van der Waals surface area contributed by atoms with Gasteiger partial charge in [0.15, 0.2) is 0 Å². The average Bonchev–Trinajstić information content (AvgIpc) is 2.51. The first-order valence-corrected chi connectivity index (χ1v) is 7.32. The third kappa shape index (κ3) is 2.80. The van der Waals surface area contributed by atoms with Gasteiger partial charge >= 0.3 is 0 Å². The van der Waals surface area contributed by atoms with Crippen LogP contribution in [-0.2, 0) is 0 Å². The van der Waals surface area contributed by atoms with Gasteiger partial charge in [-0.3, -0.25) is 4.98 Å². The minimum absolute atomic E-state index is 0.271. The van der Waals surface area contributed by atoms with E-state index in [1.807, 2.05) is 24.3 Å². The predicted octanol–water partition coefficient (Wildman–Crippen LogP) is 3.84. The topological polar surface area (TPSA) is 37.8 Å². The third-order valence-corrected chi connectivity index (χ3v) is 3.81. The molecule has 3 aromatic rings. The normalized spacial score (nSPS) is 12.5. The Kier molecular flexibility index (Phi) is 3.94.